The highest BCUT2D eigenvalue weighted by Crippen LogP contribution is 2.15. The van der Waals surface area contributed by atoms with E-state index in [4.69, 9.17) is 4.74 Å². The van der Waals surface area contributed by atoms with Gasteiger partial charge in [0.1, 0.15) is 0 Å². The molecule has 0 aromatic heterocycles. The monoisotopic (exact) mass is 446 g/mol. The molecule has 2 N–H and O–H groups in total. The minimum absolute atomic E-state index is 0.0252. The standard InChI is InChI=1S/C23H30N2O5S/c1-3-4-5-6-7-10-16-30-22(26)19-13-11-14-20(17-19)24-23(27)25-31(28,29)21-15-9-8-12-18(21)2/h8-9,11-15,17H,3-7,10,16H2,1-2H3,(H2,24,25,27). The Morgan fingerprint density at radius 1 is 0.935 bits per heavy atom. The van der Waals surface area contributed by atoms with E-state index in [1.54, 1.807) is 43.3 Å². The Morgan fingerprint density at radius 3 is 2.39 bits per heavy atom. The number of unbranched alkanes of at least 4 members (excludes halogenated alkanes) is 5. The average Bonchev–Trinajstić information content (AvgIpc) is 2.73. The van der Waals surface area contributed by atoms with E-state index in [2.05, 4.69) is 12.2 Å². The molecule has 168 valence electrons. The Kier molecular flexibility index (Phi) is 9.52. The summed E-state index contributed by atoms with van der Waals surface area (Å²) >= 11 is 0. The third-order valence-electron chi connectivity index (χ3n) is 4.70. The lowest BCUT2D eigenvalue weighted by Gasteiger charge is -2.11. The van der Waals surface area contributed by atoms with Crippen molar-refractivity contribution in [2.24, 2.45) is 0 Å². The molecule has 0 saturated carbocycles. The van der Waals surface area contributed by atoms with Crippen LogP contribution in [0.4, 0.5) is 10.5 Å². The lowest BCUT2D eigenvalue weighted by molar-refractivity contribution is 0.0497. The normalized spacial score (nSPS) is 11.0. The summed E-state index contributed by atoms with van der Waals surface area (Å²) in [5.74, 6) is -0.481. The molecule has 0 saturated heterocycles. The zero-order valence-electron chi connectivity index (χ0n) is 18.0. The molecule has 0 heterocycles. The van der Waals surface area contributed by atoms with E-state index in [0.717, 1.165) is 19.3 Å². The van der Waals surface area contributed by atoms with Gasteiger partial charge in [-0.2, -0.15) is 0 Å². The number of hydrogen-bond acceptors (Lipinski definition) is 5. The molecule has 2 aromatic rings. The number of nitrogens with one attached hydrogen (secondary N) is 2. The SMILES string of the molecule is CCCCCCCCOC(=O)c1cccc(NC(=O)NS(=O)(=O)c2ccccc2C)c1. The highest BCUT2D eigenvalue weighted by atomic mass is 32.2. The molecule has 31 heavy (non-hydrogen) atoms. The number of aryl methyl sites for hydroxylation is 1. The maximum atomic E-state index is 12.4. The molecule has 0 atom stereocenters. The Hall–Kier alpha value is -2.87. The number of esters is 1. The lowest BCUT2D eigenvalue weighted by Crippen LogP contribution is -2.34. The first-order chi connectivity index (χ1) is 14.8. The van der Waals surface area contributed by atoms with Gasteiger partial charge < -0.3 is 10.1 Å². The second kappa shape index (κ2) is 12.1. The zero-order chi connectivity index (χ0) is 22.7. The van der Waals surface area contributed by atoms with Gasteiger partial charge in [-0.3, -0.25) is 0 Å². The van der Waals surface area contributed by atoms with Crippen molar-refractivity contribution in [1.29, 1.82) is 0 Å². The van der Waals surface area contributed by atoms with Crippen LogP contribution in [-0.2, 0) is 14.8 Å². The number of carbonyl (C=O) groups excluding carboxylic acids is 2. The smallest absolute Gasteiger partial charge is 0.338 e. The van der Waals surface area contributed by atoms with Gasteiger partial charge in [0.15, 0.2) is 0 Å². The summed E-state index contributed by atoms with van der Waals surface area (Å²) in [6.07, 6.45) is 6.57. The maximum Gasteiger partial charge on any atom is 0.338 e. The third kappa shape index (κ3) is 8.05. The van der Waals surface area contributed by atoms with E-state index in [1.807, 2.05) is 4.72 Å². The van der Waals surface area contributed by atoms with E-state index in [9.17, 15) is 18.0 Å². The second-order valence-electron chi connectivity index (χ2n) is 7.31. The Labute approximate surface area is 184 Å². The number of anilines is 1. The van der Waals surface area contributed by atoms with Gasteiger partial charge in [-0.1, -0.05) is 63.3 Å². The Balaban J connectivity index is 1.88. The fourth-order valence-corrected chi connectivity index (χ4v) is 4.20. The largest absolute Gasteiger partial charge is 0.462 e. The van der Waals surface area contributed by atoms with Gasteiger partial charge in [-0.05, 0) is 43.2 Å². The van der Waals surface area contributed by atoms with Crippen LogP contribution in [0.3, 0.4) is 0 Å². The van der Waals surface area contributed by atoms with Crippen LogP contribution < -0.4 is 10.0 Å². The number of benzene rings is 2. The molecule has 2 amide bonds. The molecular formula is C23H30N2O5S. The summed E-state index contributed by atoms with van der Waals surface area (Å²) < 4.78 is 32.1. The fraction of sp³-hybridized carbons (Fsp3) is 0.391. The zero-order valence-corrected chi connectivity index (χ0v) is 18.8. The van der Waals surface area contributed by atoms with Crippen LogP contribution >= 0.6 is 0 Å². The van der Waals surface area contributed by atoms with Gasteiger partial charge in [0.2, 0.25) is 0 Å². The fourth-order valence-electron chi connectivity index (χ4n) is 3.05. The molecule has 8 heteroatoms. The van der Waals surface area contributed by atoms with E-state index < -0.39 is 22.0 Å². The van der Waals surface area contributed by atoms with Gasteiger partial charge >= 0.3 is 12.0 Å². The van der Waals surface area contributed by atoms with Crippen molar-refractivity contribution in [3.8, 4) is 0 Å². The molecule has 0 aliphatic rings. The number of ether oxygens (including phenoxy) is 1. The van der Waals surface area contributed by atoms with Crippen molar-refractivity contribution in [1.82, 2.24) is 4.72 Å². The molecule has 0 unspecified atom stereocenters. The number of sulfonamides is 1. The number of hydrogen-bond donors (Lipinski definition) is 2. The predicted molar refractivity (Wildman–Crippen MR) is 121 cm³/mol. The first-order valence-electron chi connectivity index (χ1n) is 10.5. The van der Waals surface area contributed by atoms with Crippen molar-refractivity contribution < 1.29 is 22.7 Å². The van der Waals surface area contributed by atoms with Gasteiger partial charge in [-0.15, -0.1) is 0 Å². The molecule has 2 rings (SSSR count). The summed E-state index contributed by atoms with van der Waals surface area (Å²) in [5, 5.41) is 2.44. The van der Waals surface area contributed by atoms with E-state index in [1.165, 1.54) is 31.4 Å². The van der Waals surface area contributed by atoms with Crippen LogP contribution in [0.25, 0.3) is 0 Å². The van der Waals surface area contributed by atoms with Crippen molar-refractivity contribution >= 4 is 27.7 Å². The third-order valence-corrected chi connectivity index (χ3v) is 6.19. The van der Waals surface area contributed by atoms with Crippen LogP contribution in [0.2, 0.25) is 0 Å². The number of rotatable bonds is 11. The quantitative estimate of drug-likeness (QED) is 0.373. The first kappa shape index (κ1) is 24.4. The summed E-state index contributed by atoms with van der Waals surface area (Å²) in [5.41, 5.74) is 1.09. The van der Waals surface area contributed by atoms with Crippen LogP contribution in [0, 0.1) is 6.92 Å². The minimum atomic E-state index is -4.01. The maximum absolute atomic E-state index is 12.4. The molecular weight excluding hydrogens is 416 g/mol. The van der Waals surface area contributed by atoms with Crippen LogP contribution in [0.15, 0.2) is 53.4 Å². The minimum Gasteiger partial charge on any atom is -0.462 e. The Morgan fingerprint density at radius 2 is 1.65 bits per heavy atom. The average molecular weight is 447 g/mol. The van der Waals surface area contributed by atoms with E-state index >= 15 is 0 Å². The van der Waals surface area contributed by atoms with Gasteiger partial charge in [0.05, 0.1) is 17.1 Å². The topological polar surface area (TPSA) is 102 Å². The number of amides is 2. The molecule has 0 bridgehead atoms. The molecule has 0 aliphatic heterocycles. The number of urea groups is 1. The van der Waals surface area contributed by atoms with E-state index in [0.29, 0.717) is 12.2 Å². The summed E-state index contributed by atoms with van der Waals surface area (Å²) in [7, 11) is -4.01. The second-order valence-corrected chi connectivity index (χ2v) is 8.96. The molecule has 0 fully saturated rings. The van der Waals surface area contributed by atoms with Gasteiger partial charge in [0.25, 0.3) is 10.0 Å². The van der Waals surface area contributed by atoms with Crippen LogP contribution in [0.1, 0.15) is 61.4 Å². The highest BCUT2D eigenvalue weighted by molar-refractivity contribution is 7.90. The predicted octanol–water partition coefficient (Wildman–Crippen LogP) is 5.02. The molecule has 2 aromatic carbocycles. The summed E-state index contributed by atoms with van der Waals surface area (Å²) in [6, 6.07) is 11.6. The molecule has 7 nitrogen and oxygen atoms in total. The van der Waals surface area contributed by atoms with Crippen molar-refractivity contribution in [3.05, 3.63) is 59.7 Å². The first-order valence-corrected chi connectivity index (χ1v) is 12.0. The van der Waals surface area contributed by atoms with Crippen LogP contribution in [0.5, 0.6) is 0 Å². The molecule has 0 aliphatic carbocycles. The number of carbonyl (C=O) groups is 2. The summed E-state index contributed by atoms with van der Waals surface area (Å²) in [4.78, 5) is 24.4. The van der Waals surface area contributed by atoms with Crippen molar-refractivity contribution in [2.45, 2.75) is 57.3 Å². The Bertz CT molecular complexity index is 989. The highest BCUT2D eigenvalue weighted by Gasteiger charge is 2.19. The van der Waals surface area contributed by atoms with Crippen LogP contribution in [-0.4, -0.2) is 27.0 Å². The van der Waals surface area contributed by atoms with Gasteiger partial charge in [-0.25, -0.2) is 22.7 Å². The van der Waals surface area contributed by atoms with Crippen molar-refractivity contribution in [2.75, 3.05) is 11.9 Å². The molecule has 0 spiro atoms. The molecule has 0 radical (unpaired) electrons. The lowest BCUT2D eigenvalue weighted by atomic mass is 10.1. The van der Waals surface area contributed by atoms with Gasteiger partial charge in [0, 0.05) is 5.69 Å². The summed E-state index contributed by atoms with van der Waals surface area (Å²) in [6.45, 7) is 4.15. The van der Waals surface area contributed by atoms with Crippen molar-refractivity contribution in [3.63, 3.8) is 0 Å². The van der Waals surface area contributed by atoms with E-state index in [-0.39, 0.29) is 16.1 Å².